The molecule has 0 aliphatic carbocycles. The summed E-state index contributed by atoms with van der Waals surface area (Å²) in [7, 11) is 0. The van der Waals surface area contributed by atoms with E-state index in [0.29, 0.717) is 17.7 Å². The zero-order valence-electron chi connectivity index (χ0n) is 9.02. The largest absolute Gasteiger partial charge is 0.491 e. The summed E-state index contributed by atoms with van der Waals surface area (Å²) in [5.74, 6) is -0.532. The van der Waals surface area contributed by atoms with Crippen molar-refractivity contribution in [3.8, 4) is 5.75 Å². The number of carbonyl (C=O) groups is 1. The molecule has 2 aromatic carbocycles. The van der Waals surface area contributed by atoms with E-state index in [1.165, 1.54) is 0 Å². The fourth-order valence-electron chi connectivity index (χ4n) is 1.71. The van der Waals surface area contributed by atoms with Gasteiger partial charge < -0.3 is 9.84 Å². The van der Waals surface area contributed by atoms with Gasteiger partial charge in [0.1, 0.15) is 11.3 Å². The fourth-order valence-corrected chi connectivity index (χ4v) is 1.87. The van der Waals surface area contributed by atoms with Gasteiger partial charge in [-0.1, -0.05) is 46.3 Å². The summed E-state index contributed by atoms with van der Waals surface area (Å²) in [6.07, 6.45) is 0. The van der Waals surface area contributed by atoms with Crippen LogP contribution in [-0.4, -0.2) is 23.0 Å². The molecule has 0 spiro atoms. The average molecular weight is 295 g/mol. The molecular weight excluding hydrogens is 284 g/mol. The molecule has 0 atom stereocenters. The van der Waals surface area contributed by atoms with Gasteiger partial charge in [-0.25, -0.2) is 4.79 Å². The Hall–Kier alpha value is -1.55. The van der Waals surface area contributed by atoms with Gasteiger partial charge in [0, 0.05) is 10.7 Å². The predicted molar refractivity (Wildman–Crippen MR) is 70.2 cm³/mol. The molecule has 88 valence electrons. The van der Waals surface area contributed by atoms with Crippen molar-refractivity contribution in [3.05, 3.63) is 42.0 Å². The van der Waals surface area contributed by atoms with Crippen LogP contribution in [0.1, 0.15) is 10.4 Å². The number of carboxylic acids is 1. The molecule has 0 saturated heterocycles. The van der Waals surface area contributed by atoms with Crippen LogP contribution in [0.3, 0.4) is 0 Å². The van der Waals surface area contributed by atoms with Crippen molar-refractivity contribution in [1.82, 2.24) is 0 Å². The van der Waals surface area contributed by atoms with E-state index in [4.69, 9.17) is 9.84 Å². The number of carboxylic acid groups (broad SMARTS) is 1. The first-order valence-corrected chi connectivity index (χ1v) is 6.30. The number of fused-ring (bicyclic) bond motifs is 1. The number of ether oxygens (including phenoxy) is 1. The van der Waals surface area contributed by atoms with Crippen LogP contribution >= 0.6 is 15.9 Å². The lowest BCUT2D eigenvalue weighted by Gasteiger charge is -2.11. The Morgan fingerprint density at radius 1 is 1.24 bits per heavy atom. The molecule has 2 aromatic rings. The van der Waals surface area contributed by atoms with Crippen LogP contribution in [0, 0.1) is 0 Å². The molecule has 0 unspecified atom stereocenters. The minimum absolute atomic E-state index is 0.199. The molecule has 4 heteroatoms. The maximum absolute atomic E-state index is 11.1. The Morgan fingerprint density at radius 2 is 2.00 bits per heavy atom. The minimum Gasteiger partial charge on any atom is -0.491 e. The van der Waals surface area contributed by atoms with Gasteiger partial charge in [0.15, 0.2) is 0 Å². The van der Waals surface area contributed by atoms with E-state index in [9.17, 15) is 4.79 Å². The van der Waals surface area contributed by atoms with Gasteiger partial charge in [-0.3, -0.25) is 0 Å². The summed E-state index contributed by atoms with van der Waals surface area (Å²) in [6.45, 7) is 0.439. The SMILES string of the molecule is O=C(O)c1ccc2ccccc2c1OCCBr. The molecule has 0 bridgehead atoms. The molecule has 0 radical (unpaired) electrons. The number of benzene rings is 2. The van der Waals surface area contributed by atoms with E-state index in [1.807, 2.05) is 24.3 Å². The molecular formula is C13H11BrO3. The van der Waals surface area contributed by atoms with Crippen molar-refractivity contribution in [2.24, 2.45) is 0 Å². The minimum atomic E-state index is -0.972. The summed E-state index contributed by atoms with van der Waals surface area (Å²) in [6, 6.07) is 11.0. The lowest BCUT2D eigenvalue weighted by molar-refractivity contribution is 0.0693. The molecule has 0 aromatic heterocycles. The van der Waals surface area contributed by atoms with Gasteiger partial charge in [0.25, 0.3) is 0 Å². The van der Waals surface area contributed by atoms with Crippen LogP contribution in [0.2, 0.25) is 0 Å². The van der Waals surface area contributed by atoms with E-state index < -0.39 is 5.97 Å². The standard InChI is InChI=1S/C13H11BrO3/c14-7-8-17-12-10-4-2-1-3-9(10)5-6-11(12)13(15)16/h1-6H,7-8H2,(H,15,16). The summed E-state index contributed by atoms with van der Waals surface area (Å²) in [5, 5.41) is 11.6. The fraction of sp³-hybridized carbons (Fsp3) is 0.154. The van der Waals surface area contributed by atoms with Gasteiger partial charge in [-0.15, -0.1) is 0 Å². The van der Waals surface area contributed by atoms with Crippen molar-refractivity contribution in [2.75, 3.05) is 11.9 Å². The lowest BCUT2D eigenvalue weighted by atomic mass is 10.1. The first kappa shape index (κ1) is 11.9. The number of hydrogen-bond acceptors (Lipinski definition) is 2. The molecule has 0 heterocycles. The smallest absolute Gasteiger partial charge is 0.339 e. The highest BCUT2D eigenvalue weighted by Crippen LogP contribution is 2.30. The highest BCUT2D eigenvalue weighted by atomic mass is 79.9. The van der Waals surface area contributed by atoms with E-state index >= 15 is 0 Å². The van der Waals surface area contributed by atoms with Crippen LogP contribution in [0.4, 0.5) is 0 Å². The molecule has 17 heavy (non-hydrogen) atoms. The number of aromatic carboxylic acids is 1. The van der Waals surface area contributed by atoms with E-state index in [2.05, 4.69) is 15.9 Å². The Morgan fingerprint density at radius 3 is 2.71 bits per heavy atom. The molecule has 0 aliphatic rings. The average Bonchev–Trinajstić information content (AvgIpc) is 2.35. The third-order valence-corrected chi connectivity index (χ3v) is 2.76. The second-order valence-corrected chi connectivity index (χ2v) is 4.30. The van der Waals surface area contributed by atoms with Gasteiger partial charge in [0.2, 0.25) is 0 Å². The zero-order valence-corrected chi connectivity index (χ0v) is 10.6. The third-order valence-electron chi connectivity index (χ3n) is 2.43. The van der Waals surface area contributed by atoms with E-state index in [0.717, 1.165) is 10.8 Å². The van der Waals surface area contributed by atoms with Gasteiger partial charge in [-0.2, -0.15) is 0 Å². The first-order valence-electron chi connectivity index (χ1n) is 5.18. The topological polar surface area (TPSA) is 46.5 Å². The van der Waals surface area contributed by atoms with Crippen LogP contribution in [0.25, 0.3) is 10.8 Å². The quantitative estimate of drug-likeness (QED) is 0.880. The molecule has 0 amide bonds. The second kappa shape index (κ2) is 5.19. The predicted octanol–water partition coefficient (Wildman–Crippen LogP) is 3.31. The molecule has 2 rings (SSSR count). The summed E-state index contributed by atoms with van der Waals surface area (Å²) >= 11 is 3.26. The van der Waals surface area contributed by atoms with Crippen LogP contribution in [0.5, 0.6) is 5.75 Å². The molecule has 3 nitrogen and oxygen atoms in total. The Balaban J connectivity index is 2.61. The normalized spacial score (nSPS) is 10.4. The van der Waals surface area contributed by atoms with Gasteiger partial charge >= 0.3 is 5.97 Å². The van der Waals surface area contributed by atoms with Crippen LogP contribution in [-0.2, 0) is 0 Å². The van der Waals surface area contributed by atoms with Gasteiger partial charge in [0.05, 0.1) is 6.61 Å². The molecule has 1 N–H and O–H groups in total. The maximum atomic E-state index is 11.1. The first-order chi connectivity index (χ1) is 8.24. The maximum Gasteiger partial charge on any atom is 0.339 e. The highest BCUT2D eigenvalue weighted by molar-refractivity contribution is 9.09. The van der Waals surface area contributed by atoms with E-state index in [1.54, 1.807) is 12.1 Å². The van der Waals surface area contributed by atoms with Gasteiger partial charge in [-0.05, 0) is 11.5 Å². The number of halogens is 1. The second-order valence-electron chi connectivity index (χ2n) is 3.51. The third kappa shape index (κ3) is 2.42. The lowest BCUT2D eigenvalue weighted by Crippen LogP contribution is -2.05. The van der Waals surface area contributed by atoms with Crippen molar-refractivity contribution >= 4 is 32.7 Å². The molecule has 0 aliphatic heterocycles. The number of hydrogen-bond donors (Lipinski definition) is 1. The number of rotatable bonds is 4. The monoisotopic (exact) mass is 294 g/mol. The Bertz CT molecular complexity index is 551. The summed E-state index contributed by atoms with van der Waals surface area (Å²) < 4.78 is 5.53. The van der Waals surface area contributed by atoms with Crippen molar-refractivity contribution in [3.63, 3.8) is 0 Å². The van der Waals surface area contributed by atoms with E-state index in [-0.39, 0.29) is 5.56 Å². The highest BCUT2D eigenvalue weighted by Gasteiger charge is 2.14. The summed E-state index contributed by atoms with van der Waals surface area (Å²) in [4.78, 5) is 11.1. The van der Waals surface area contributed by atoms with Crippen LogP contribution < -0.4 is 4.74 Å². The van der Waals surface area contributed by atoms with Crippen molar-refractivity contribution < 1.29 is 14.6 Å². The van der Waals surface area contributed by atoms with Crippen LogP contribution in [0.15, 0.2) is 36.4 Å². The van der Waals surface area contributed by atoms with Crippen molar-refractivity contribution in [2.45, 2.75) is 0 Å². The summed E-state index contributed by atoms with van der Waals surface area (Å²) in [5.41, 5.74) is 0.199. The molecule has 0 fully saturated rings. The Kier molecular flexibility index (Phi) is 3.64. The van der Waals surface area contributed by atoms with Crippen molar-refractivity contribution in [1.29, 1.82) is 0 Å². The molecule has 0 saturated carbocycles. The number of alkyl halides is 1. The zero-order chi connectivity index (χ0) is 12.3. The Labute approximate surface area is 107 Å².